The number of hydrogen-bond donors (Lipinski definition) is 1. The van der Waals surface area contributed by atoms with E-state index in [1.54, 1.807) is 17.0 Å². The summed E-state index contributed by atoms with van der Waals surface area (Å²) < 4.78 is 13.3. The van der Waals surface area contributed by atoms with E-state index in [9.17, 15) is 14.3 Å². The van der Waals surface area contributed by atoms with Crippen LogP contribution in [0.3, 0.4) is 0 Å². The van der Waals surface area contributed by atoms with E-state index < -0.39 is 12.1 Å². The lowest BCUT2D eigenvalue weighted by Crippen LogP contribution is -2.56. The molecule has 25 heavy (non-hydrogen) atoms. The van der Waals surface area contributed by atoms with Gasteiger partial charge in [-0.25, -0.2) is 4.98 Å². The first-order valence-electron chi connectivity index (χ1n) is 8.44. The van der Waals surface area contributed by atoms with Gasteiger partial charge < -0.3 is 14.9 Å². The number of aromatic nitrogens is 1. The number of halogens is 1. The Bertz CT molecular complexity index is 726. The number of aliphatic hydroxyl groups is 1. The maximum absolute atomic E-state index is 13.3. The van der Waals surface area contributed by atoms with Crippen molar-refractivity contribution in [1.29, 1.82) is 0 Å². The van der Waals surface area contributed by atoms with Gasteiger partial charge >= 0.3 is 0 Å². The molecule has 0 bridgehead atoms. The van der Waals surface area contributed by atoms with Crippen LogP contribution in [-0.2, 0) is 11.2 Å². The third-order valence-electron chi connectivity index (χ3n) is 4.49. The Morgan fingerprint density at radius 3 is 2.68 bits per heavy atom. The first kappa shape index (κ1) is 17.4. The van der Waals surface area contributed by atoms with E-state index in [1.807, 2.05) is 42.2 Å². The number of pyridine rings is 1. The van der Waals surface area contributed by atoms with Crippen molar-refractivity contribution < 1.29 is 14.3 Å². The largest absolute Gasteiger partial charge is 0.383 e. The van der Waals surface area contributed by atoms with Gasteiger partial charge in [0.15, 0.2) is 0 Å². The van der Waals surface area contributed by atoms with E-state index in [4.69, 9.17) is 0 Å². The zero-order valence-electron chi connectivity index (χ0n) is 14.2. The predicted molar refractivity (Wildman–Crippen MR) is 93.7 cm³/mol. The fraction of sp³-hybridized carbons (Fsp3) is 0.368. The van der Waals surface area contributed by atoms with Crippen LogP contribution >= 0.6 is 0 Å². The molecule has 132 valence electrons. The summed E-state index contributed by atoms with van der Waals surface area (Å²) in [6, 6.07) is 14.2. The van der Waals surface area contributed by atoms with Crippen molar-refractivity contribution in [3.63, 3.8) is 0 Å². The van der Waals surface area contributed by atoms with E-state index in [2.05, 4.69) is 4.98 Å². The third-order valence-corrected chi connectivity index (χ3v) is 4.49. The smallest absolute Gasteiger partial charge is 0.251 e. The van der Waals surface area contributed by atoms with E-state index >= 15 is 0 Å². The summed E-state index contributed by atoms with van der Waals surface area (Å²) in [4.78, 5) is 20.1. The van der Waals surface area contributed by atoms with Gasteiger partial charge in [0.05, 0.1) is 0 Å². The average molecular weight is 343 g/mol. The monoisotopic (exact) mass is 343 g/mol. The summed E-state index contributed by atoms with van der Waals surface area (Å²) in [7, 11) is 0. The van der Waals surface area contributed by atoms with Crippen molar-refractivity contribution >= 4 is 11.7 Å². The minimum Gasteiger partial charge on any atom is -0.383 e. The van der Waals surface area contributed by atoms with Crippen LogP contribution in [-0.4, -0.2) is 52.7 Å². The van der Waals surface area contributed by atoms with Crippen LogP contribution in [0.5, 0.6) is 0 Å². The SMILES string of the molecule is CC1CN(C(=O)C(O)Cc2ccccc2)CCN1c1cccc(F)n1. The Balaban J connectivity index is 1.61. The summed E-state index contributed by atoms with van der Waals surface area (Å²) in [6.45, 7) is 3.48. The number of amides is 1. The van der Waals surface area contributed by atoms with Gasteiger partial charge in [0, 0.05) is 32.1 Å². The maximum Gasteiger partial charge on any atom is 0.251 e. The van der Waals surface area contributed by atoms with Gasteiger partial charge in [-0.1, -0.05) is 36.4 Å². The van der Waals surface area contributed by atoms with E-state index in [-0.39, 0.29) is 11.9 Å². The number of carbonyl (C=O) groups excluding carboxylic acids is 1. The molecule has 2 heterocycles. The summed E-state index contributed by atoms with van der Waals surface area (Å²) in [5.41, 5.74) is 0.930. The number of anilines is 1. The van der Waals surface area contributed by atoms with Gasteiger partial charge in [-0.05, 0) is 24.6 Å². The molecule has 0 saturated carbocycles. The van der Waals surface area contributed by atoms with Gasteiger partial charge in [0.25, 0.3) is 5.91 Å². The number of nitrogens with zero attached hydrogens (tertiary/aromatic N) is 3. The topological polar surface area (TPSA) is 56.7 Å². The summed E-state index contributed by atoms with van der Waals surface area (Å²) in [6.07, 6.45) is -0.742. The first-order valence-corrected chi connectivity index (χ1v) is 8.44. The zero-order valence-corrected chi connectivity index (χ0v) is 14.2. The molecule has 3 rings (SSSR count). The maximum atomic E-state index is 13.3. The highest BCUT2D eigenvalue weighted by atomic mass is 19.1. The van der Waals surface area contributed by atoms with Crippen molar-refractivity contribution in [2.45, 2.75) is 25.5 Å². The molecule has 0 radical (unpaired) electrons. The predicted octanol–water partition coefficient (Wildman–Crippen LogP) is 1.86. The minimum absolute atomic E-state index is 0.00377. The second-order valence-electron chi connectivity index (χ2n) is 6.35. The molecule has 2 atom stereocenters. The number of piperazine rings is 1. The Labute approximate surface area is 146 Å². The average Bonchev–Trinajstić information content (AvgIpc) is 2.61. The van der Waals surface area contributed by atoms with Crippen LogP contribution in [0, 0.1) is 5.95 Å². The molecule has 1 aromatic heterocycles. The molecule has 1 fully saturated rings. The van der Waals surface area contributed by atoms with E-state index in [0.29, 0.717) is 31.9 Å². The van der Waals surface area contributed by atoms with Crippen molar-refractivity contribution in [1.82, 2.24) is 9.88 Å². The molecular weight excluding hydrogens is 321 g/mol. The molecule has 0 spiro atoms. The van der Waals surface area contributed by atoms with Crippen LogP contribution in [0.1, 0.15) is 12.5 Å². The molecule has 1 saturated heterocycles. The standard InChI is InChI=1S/C19H22FN3O2/c1-14-13-22(10-11-23(14)18-9-5-8-17(20)21-18)19(25)16(24)12-15-6-3-2-4-7-15/h2-9,14,16,24H,10-13H2,1H3. The Morgan fingerprint density at radius 2 is 2.00 bits per heavy atom. The highest BCUT2D eigenvalue weighted by Crippen LogP contribution is 2.19. The molecule has 1 aliphatic rings. The highest BCUT2D eigenvalue weighted by Gasteiger charge is 2.30. The second kappa shape index (κ2) is 7.61. The number of carbonyl (C=O) groups is 1. The molecule has 1 amide bonds. The fourth-order valence-electron chi connectivity index (χ4n) is 3.19. The molecule has 1 aromatic carbocycles. The Hall–Kier alpha value is -2.47. The summed E-state index contributed by atoms with van der Waals surface area (Å²) in [5, 5.41) is 10.3. The van der Waals surface area contributed by atoms with Crippen LogP contribution in [0.25, 0.3) is 0 Å². The molecule has 1 N–H and O–H groups in total. The number of benzene rings is 1. The Morgan fingerprint density at radius 1 is 1.24 bits per heavy atom. The van der Waals surface area contributed by atoms with E-state index in [1.165, 1.54) is 6.07 Å². The number of aliphatic hydroxyl groups excluding tert-OH is 1. The van der Waals surface area contributed by atoms with Gasteiger partial charge in [0.1, 0.15) is 11.9 Å². The number of rotatable bonds is 4. The molecule has 2 aromatic rings. The summed E-state index contributed by atoms with van der Waals surface area (Å²) in [5.74, 6) is -0.200. The lowest BCUT2D eigenvalue weighted by atomic mass is 10.1. The molecular formula is C19H22FN3O2. The lowest BCUT2D eigenvalue weighted by molar-refractivity contribution is -0.140. The molecule has 5 nitrogen and oxygen atoms in total. The van der Waals surface area contributed by atoms with Crippen LogP contribution < -0.4 is 4.90 Å². The normalized spacial score (nSPS) is 18.9. The first-order chi connectivity index (χ1) is 12.0. The van der Waals surface area contributed by atoms with Gasteiger partial charge in [-0.3, -0.25) is 4.79 Å². The molecule has 6 heteroatoms. The zero-order chi connectivity index (χ0) is 17.8. The second-order valence-corrected chi connectivity index (χ2v) is 6.35. The van der Waals surface area contributed by atoms with Crippen LogP contribution in [0.4, 0.5) is 10.2 Å². The van der Waals surface area contributed by atoms with Crippen molar-refractivity contribution in [3.8, 4) is 0 Å². The molecule has 2 unspecified atom stereocenters. The van der Waals surface area contributed by atoms with Crippen molar-refractivity contribution in [2.24, 2.45) is 0 Å². The van der Waals surface area contributed by atoms with Crippen molar-refractivity contribution in [2.75, 3.05) is 24.5 Å². The number of hydrogen-bond acceptors (Lipinski definition) is 4. The van der Waals surface area contributed by atoms with Gasteiger partial charge in [-0.15, -0.1) is 0 Å². The highest BCUT2D eigenvalue weighted by molar-refractivity contribution is 5.81. The Kier molecular flexibility index (Phi) is 5.28. The molecule has 1 aliphatic heterocycles. The van der Waals surface area contributed by atoms with Gasteiger partial charge in [0.2, 0.25) is 5.95 Å². The summed E-state index contributed by atoms with van der Waals surface area (Å²) >= 11 is 0. The van der Waals surface area contributed by atoms with Crippen LogP contribution in [0.2, 0.25) is 0 Å². The minimum atomic E-state index is -1.05. The lowest BCUT2D eigenvalue weighted by Gasteiger charge is -2.41. The van der Waals surface area contributed by atoms with Gasteiger partial charge in [-0.2, -0.15) is 4.39 Å². The van der Waals surface area contributed by atoms with Crippen molar-refractivity contribution in [3.05, 3.63) is 60.0 Å². The quantitative estimate of drug-likeness (QED) is 0.861. The van der Waals surface area contributed by atoms with E-state index in [0.717, 1.165) is 5.56 Å². The van der Waals surface area contributed by atoms with Crippen LogP contribution in [0.15, 0.2) is 48.5 Å². The molecule has 0 aliphatic carbocycles. The third kappa shape index (κ3) is 4.14. The fourth-order valence-corrected chi connectivity index (χ4v) is 3.19.